The molecule has 0 radical (unpaired) electrons. The van der Waals surface area contributed by atoms with Crippen LogP contribution in [0, 0.1) is 13.8 Å². The summed E-state index contributed by atoms with van der Waals surface area (Å²) in [7, 11) is 0. The zero-order valence-corrected chi connectivity index (χ0v) is 16.1. The van der Waals surface area contributed by atoms with E-state index in [9.17, 15) is 4.79 Å². The van der Waals surface area contributed by atoms with Crippen molar-refractivity contribution in [1.29, 1.82) is 0 Å². The van der Waals surface area contributed by atoms with Crippen molar-refractivity contribution in [3.05, 3.63) is 59.7 Å². The number of carbonyl (C=O) groups excluding carboxylic acids is 1. The van der Waals surface area contributed by atoms with E-state index >= 15 is 0 Å². The van der Waals surface area contributed by atoms with Crippen LogP contribution in [0.1, 0.15) is 11.1 Å². The largest absolute Gasteiger partial charge is 0.330 e. The Bertz CT molecular complexity index is 879. The third-order valence-electron chi connectivity index (χ3n) is 3.52. The minimum atomic E-state index is -0.124. The molecule has 1 aromatic heterocycles. The van der Waals surface area contributed by atoms with Crippen LogP contribution in [0.5, 0.6) is 0 Å². The second-order valence-electron chi connectivity index (χ2n) is 5.64. The normalized spacial score (nSPS) is 10.4. The number of aryl methyl sites for hydroxylation is 2. The summed E-state index contributed by atoms with van der Waals surface area (Å²) in [4.78, 5) is 12.0. The summed E-state index contributed by atoms with van der Waals surface area (Å²) in [5.74, 6) is 0.138. The van der Waals surface area contributed by atoms with Gasteiger partial charge in [-0.25, -0.2) is 0 Å². The van der Waals surface area contributed by atoms with Gasteiger partial charge in [-0.05, 0) is 37.6 Å². The van der Waals surface area contributed by atoms with Crippen molar-refractivity contribution in [1.82, 2.24) is 15.6 Å². The van der Waals surface area contributed by atoms with E-state index in [4.69, 9.17) is 0 Å². The fourth-order valence-electron chi connectivity index (χ4n) is 2.09. The van der Waals surface area contributed by atoms with Crippen molar-refractivity contribution < 1.29 is 4.79 Å². The first-order valence-electron chi connectivity index (χ1n) is 8.00. The first-order valence-corrected chi connectivity index (χ1v) is 9.81. The Hall–Kier alpha value is -2.58. The summed E-state index contributed by atoms with van der Waals surface area (Å²) in [6.45, 7) is 4.02. The highest BCUT2D eigenvalue weighted by molar-refractivity contribution is 8.01. The molecule has 0 fully saturated rings. The molecule has 0 saturated carbocycles. The lowest BCUT2D eigenvalue weighted by molar-refractivity contribution is -0.118. The molecule has 3 N–H and O–H groups in total. The van der Waals surface area contributed by atoms with Crippen molar-refractivity contribution in [3.8, 4) is 0 Å². The molecule has 2 aromatic carbocycles. The second kappa shape index (κ2) is 8.68. The molecule has 0 bridgehead atoms. The van der Waals surface area contributed by atoms with Gasteiger partial charge in [0.25, 0.3) is 0 Å². The summed E-state index contributed by atoms with van der Waals surface area (Å²) >= 11 is 2.77. The highest BCUT2D eigenvalue weighted by Crippen LogP contribution is 2.27. The second-order valence-corrected chi connectivity index (χ2v) is 7.84. The average Bonchev–Trinajstić information content (AvgIpc) is 3.09. The summed E-state index contributed by atoms with van der Waals surface area (Å²) in [6, 6.07) is 15.8. The molecule has 8 heteroatoms. The Kier molecular flexibility index (Phi) is 6.08. The molecule has 6 nitrogen and oxygen atoms in total. The van der Waals surface area contributed by atoms with E-state index in [1.165, 1.54) is 28.7 Å². The van der Waals surface area contributed by atoms with Gasteiger partial charge in [-0.3, -0.25) is 15.6 Å². The van der Waals surface area contributed by atoms with Gasteiger partial charge in [-0.2, -0.15) is 0 Å². The predicted octanol–water partition coefficient (Wildman–Crippen LogP) is 4.13. The quantitative estimate of drug-likeness (QED) is 0.419. The number of benzene rings is 2. The van der Waals surface area contributed by atoms with Crippen LogP contribution in [0.3, 0.4) is 0 Å². The van der Waals surface area contributed by atoms with Crippen LogP contribution in [0.15, 0.2) is 52.9 Å². The van der Waals surface area contributed by atoms with Gasteiger partial charge in [0.05, 0.1) is 11.4 Å². The van der Waals surface area contributed by atoms with Crippen LogP contribution in [0.4, 0.5) is 16.5 Å². The van der Waals surface area contributed by atoms with E-state index in [1.807, 2.05) is 62.4 Å². The number of anilines is 3. The minimum Gasteiger partial charge on any atom is -0.330 e. The van der Waals surface area contributed by atoms with Gasteiger partial charge in [0.15, 0.2) is 4.34 Å². The van der Waals surface area contributed by atoms with Gasteiger partial charge < -0.3 is 5.32 Å². The van der Waals surface area contributed by atoms with Crippen LogP contribution in [0.2, 0.25) is 0 Å². The van der Waals surface area contributed by atoms with E-state index in [0.29, 0.717) is 5.13 Å². The molecular formula is C18H19N5OS2. The Morgan fingerprint density at radius 3 is 2.62 bits per heavy atom. The maximum absolute atomic E-state index is 12.0. The minimum absolute atomic E-state index is 0.124. The van der Waals surface area contributed by atoms with Crippen molar-refractivity contribution >= 4 is 45.5 Å². The summed E-state index contributed by atoms with van der Waals surface area (Å²) in [6.07, 6.45) is 0. The van der Waals surface area contributed by atoms with Crippen molar-refractivity contribution in [3.63, 3.8) is 0 Å². The number of nitrogens with zero attached hydrogens (tertiary/aromatic N) is 2. The van der Waals surface area contributed by atoms with Crippen molar-refractivity contribution in [2.75, 3.05) is 16.5 Å². The topological polar surface area (TPSA) is 78.9 Å². The maximum Gasteiger partial charge on any atom is 0.248 e. The molecule has 0 aliphatic heterocycles. The highest BCUT2D eigenvalue weighted by Gasteiger charge is 2.08. The van der Waals surface area contributed by atoms with E-state index in [2.05, 4.69) is 26.4 Å². The van der Waals surface area contributed by atoms with Gasteiger partial charge in [0, 0.05) is 5.69 Å². The van der Waals surface area contributed by atoms with Crippen LogP contribution in [-0.2, 0) is 4.79 Å². The zero-order chi connectivity index (χ0) is 18.4. The van der Waals surface area contributed by atoms with E-state index in [1.54, 1.807) is 0 Å². The van der Waals surface area contributed by atoms with Gasteiger partial charge in [-0.15, -0.1) is 10.2 Å². The number of rotatable bonds is 7. The van der Waals surface area contributed by atoms with Gasteiger partial charge in [-0.1, -0.05) is 59.0 Å². The number of nitrogens with one attached hydrogen (secondary N) is 3. The molecule has 3 aromatic rings. The Balaban J connectivity index is 1.46. The molecule has 0 spiro atoms. The Labute approximate surface area is 160 Å². The van der Waals surface area contributed by atoms with Crippen molar-refractivity contribution in [2.24, 2.45) is 0 Å². The molecule has 0 unspecified atom stereocenters. The molecule has 0 atom stereocenters. The maximum atomic E-state index is 12.0. The first kappa shape index (κ1) is 18.2. The third-order valence-corrected chi connectivity index (χ3v) is 5.49. The molecule has 3 rings (SSSR count). The standard InChI is InChI=1S/C18H19N5OS2/c1-12-7-9-14(10-8-12)19-17-22-23-18(26-17)25-11-16(24)21-20-15-6-4-3-5-13(15)2/h3-10,20H,11H2,1-2H3,(H,19,22)(H,21,24). The molecular weight excluding hydrogens is 366 g/mol. The number of thioether (sulfide) groups is 1. The van der Waals surface area contributed by atoms with E-state index < -0.39 is 0 Å². The van der Waals surface area contributed by atoms with E-state index in [-0.39, 0.29) is 11.7 Å². The van der Waals surface area contributed by atoms with Gasteiger partial charge >= 0.3 is 0 Å². The number of amides is 1. The summed E-state index contributed by atoms with van der Waals surface area (Å²) in [5, 5.41) is 12.1. The van der Waals surface area contributed by atoms with Crippen LogP contribution in [0.25, 0.3) is 0 Å². The third kappa shape index (κ3) is 5.21. The highest BCUT2D eigenvalue weighted by atomic mass is 32.2. The zero-order valence-electron chi connectivity index (χ0n) is 14.4. The number of carbonyl (C=O) groups is 1. The lowest BCUT2D eigenvalue weighted by atomic mass is 10.2. The van der Waals surface area contributed by atoms with Gasteiger partial charge in [0.2, 0.25) is 11.0 Å². The summed E-state index contributed by atoms with van der Waals surface area (Å²) < 4.78 is 0.741. The smallest absolute Gasteiger partial charge is 0.248 e. The first-order chi connectivity index (χ1) is 12.6. The number of hydrogen-bond acceptors (Lipinski definition) is 7. The Morgan fingerprint density at radius 2 is 1.85 bits per heavy atom. The monoisotopic (exact) mass is 385 g/mol. The molecule has 0 aliphatic rings. The molecule has 1 amide bonds. The Morgan fingerprint density at radius 1 is 1.08 bits per heavy atom. The molecule has 1 heterocycles. The average molecular weight is 386 g/mol. The lowest BCUT2D eigenvalue weighted by Crippen LogP contribution is -2.31. The van der Waals surface area contributed by atoms with Crippen molar-refractivity contribution in [2.45, 2.75) is 18.2 Å². The van der Waals surface area contributed by atoms with Crippen LogP contribution in [-0.4, -0.2) is 21.9 Å². The summed E-state index contributed by atoms with van der Waals surface area (Å²) in [5.41, 5.74) is 9.74. The van der Waals surface area contributed by atoms with Crippen LogP contribution >= 0.6 is 23.1 Å². The molecule has 134 valence electrons. The van der Waals surface area contributed by atoms with Crippen LogP contribution < -0.4 is 16.2 Å². The fourth-order valence-corrected chi connectivity index (χ4v) is 3.66. The SMILES string of the molecule is Cc1ccc(Nc2nnc(SCC(=O)NNc3ccccc3C)s2)cc1. The number of hydrazine groups is 1. The molecule has 26 heavy (non-hydrogen) atoms. The number of hydrogen-bond donors (Lipinski definition) is 3. The predicted molar refractivity (Wildman–Crippen MR) is 108 cm³/mol. The van der Waals surface area contributed by atoms with Gasteiger partial charge in [0.1, 0.15) is 0 Å². The number of aromatic nitrogens is 2. The van der Waals surface area contributed by atoms with E-state index in [0.717, 1.165) is 21.3 Å². The number of para-hydroxylation sites is 1. The lowest BCUT2D eigenvalue weighted by Gasteiger charge is -2.09. The fraction of sp³-hybridized carbons (Fsp3) is 0.167. The molecule has 0 aliphatic carbocycles. The molecule has 0 saturated heterocycles.